The molecule has 0 aliphatic heterocycles. The molecule has 0 radical (unpaired) electrons. The van der Waals surface area contributed by atoms with E-state index in [1.54, 1.807) is 6.08 Å². The van der Waals surface area contributed by atoms with Crippen LogP contribution < -0.4 is 0 Å². The van der Waals surface area contributed by atoms with E-state index < -0.39 is 10.1 Å². The zero-order valence-corrected chi connectivity index (χ0v) is 7.73. The maximum Gasteiger partial charge on any atom is 0.264 e. The minimum Gasteiger partial charge on any atom is -0.270 e. The summed E-state index contributed by atoms with van der Waals surface area (Å²) in [4.78, 5) is 0. The summed E-state index contributed by atoms with van der Waals surface area (Å²) in [5, 5.41) is 0. The first-order chi connectivity index (χ1) is 4.95. The summed E-state index contributed by atoms with van der Waals surface area (Å²) in [5.41, 5.74) is 0. The molecule has 11 heavy (non-hydrogen) atoms. The van der Waals surface area contributed by atoms with Crippen LogP contribution in [-0.2, 0) is 14.3 Å². The van der Waals surface area contributed by atoms with Gasteiger partial charge in [-0.3, -0.25) is 4.18 Å². The minimum atomic E-state index is -3.27. The second-order valence-electron chi connectivity index (χ2n) is 2.62. The van der Waals surface area contributed by atoms with Crippen LogP contribution in [0.3, 0.4) is 0 Å². The van der Waals surface area contributed by atoms with E-state index in [1.165, 1.54) is 0 Å². The summed E-state index contributed by atoms with van der Waals surface area (Å²) in [5.74, 6) is 0.210. The van der Waals surface area contributed by atoms with Gasteiger partial charge in [-0.05, 0) is 12.3 Å². The average molecular weight is 178 g/mol. The Hall–Kier alpha value is -0.350. The van der Waals surface area contributed by atoms with Crippen molar-refractivity contribution in [1.29, 1.82) is 0 Å². The Labute approximate surface area is 68.2 Å². The van der Waals surface area contributed by atoms with E-state index in [2.05, 4.69) is 10.8 Å². The molecule has 1 atom stereocenters. The monoisotopic (exact) mass is 178 g/mol. The van der Waals surface area contributed by atoms with Crippen LogP contribution in [0.5, 0.6) is 0 Å². The molecule has 3 nitrogen and oxygen atoms in total. The SMILES string of the molecule is C=CC[C@H](C)COS(C)(=O)=O. The van der Waals surface area contributed by atoms with Crippen molar-refractivity contribution in [2.24, 2.45) is 5.92 Å². The normalized spacial score (nSPS) is 14.4. The highest BCUT2D eigenvalue weighted by Crippen LogP contribution is 2.03. The van der Waals surface area contributed by atoms with Crippen molar-refractivity contribution in [2.45, 2.75) is 13.3 Å². The van der Waals surface area contributed by atoms with Gasteiger partial charge in [0.1, 0.15) is 0 Å². The maximum atomic E-state index is 10.5. The van der Waals surface area contributed by atoms with Crippen LogP contribution in [0.15, 0.2) is 12.7 Å². The van der Waals surface area contributed by atoms with Gasteiger partial charge >= 0.3 is 0 Å². The second-order valence-corrected chi connectivity index (χ2v) is 4.26. The highest BCUT2D eigenvalue weighted by Gasteiger charge is 2.05. The molecule has 0 saturated heterocycles. The third-order valence-corrected chi connectivity index (χ3v) is 1.70. The Bertz CT molecular complexity index is 206. The van der Waals surface area contributed by atoms with Gasteiger partial charge in [0.25, 0.3) is 10.1 Å². The van der Waals surface area contributed by atoms with Gasteiger partial charge in [0.15, 0.2) is 0 Å². The number of allylic oxidation sites excluding steroid dienone is 1. The van der Waals surface area contributed by atoms with Crippen LogP contribution in [0.2, 0.25) is 0 Å². The van der Waals surface area contributed by atoms with Crippen LogP contribution >= 0.6 is 0 Å². The molecule has 0 rings (SSSR count). The quantitative estimate of drug-likeness (QED) is 0.469. The smallest absolute Gasteiger partial charge is 0.264 e. The van der Waals surface area contributed by atoms with E-state index in [4.69, 9.17) is 0 Å². The predicted octanol–water partition coefficient (Wildman–Crippen LogP) is 1.17. The molecule has 0 aromatic rings. The van der Waals surface area contributed by atoms with Gasteiger partial charge in [0.2, 0.25) is 0 Å². The molecule has 0 spiro atoms. The predicted molar refractivity (Wildman–Crippen MR) is 44.8 cm³/mol. The third-order valence-electron chi connectivity index (χ3n) is 1.14. The molecule has 0 heterocycles. The van der Waals surface area contributed by atoms with Crippen molar-refractivity contribution in [3.8, 4) is 0 Å². The lowest BCUT2D eigenvalue weighted by Gasteiger charge is -2.06. The number of hydrogen-bond donors (Lipinski definition) is 0. The molecule has 0 unspecified atom stereocenters. The van der Waals surface area contributed by atoms with E-state index in [9.17, 15) is 8.42 Å². The molecule has 0 aliphatic carbocycles. The zero-order valence-electron chi connectivity index (χ0n) is 6.91. The van der Waals surface area contributed by atoms with Gasteiger partial charge < -0.3 is 0 Å². The summed E-state index contributed by atoms with van der Waals surface area (Å²) >= 11 is 0. The Kier molecular flexibility index (Phi) is 4.37. The number of hydrogen-bond acceptors (Lipinski definition) is 3. The summed E-state index contributed by atoms with van der Waals surface area (Å²) < 4.78 is 25.6. The van der Waals surface area contributed by atoms with E-state index in [0.29, 0.717) is 0 Å². The van der Waals surface area contributed by atoms with E-state index in [0.717, 1.165) is 12.7 Å². The van der Waals surface area contributed by atoms with Gasteiger partial charge in [-0.25, -0.2) is 0 Å². The Morgan fingerprint density at radius 3 is 2.55 bits per heavy atom. The molecule has 0 amide bonds. The lowest BCUT2D eigenvalue weighted by atomic mass is 10.1. The molecule has 0 fully saturated rings. The first-order valence-corrected chi connectivity index (χ1v) is 5.22. The van der Waals surface area contributed by atoms with Gasteiger partial charge in [-0.1, -0.05) is 13.0 Å². The van der Waals surface area contributed by atoms with Crippen molar-refractivity contribution in [2.75, 3.05) is 12.9 Å². The van der Waals surface area contributed by atoms with Crippen LogP contribution in [0.1, 0.15) is 13.3 Å². The fraction of sp³-hybridized carbons (Fsp3) is 0.714. The lowest BCUT2D eigenvalue weighted by molar-refractivity contribution is 0.268. The molecule has 0 N–H and O–H groups in total. The van der Waals surface area contributed by atoms with Gasteiger partial charge in [-0.2, -0.15) is 8.42 Å². The van der Waals surface area contributed by atoms with E-state index in [-0.39, 0.29) is 12.5 Å². The molecule has 66 valence electrons. The standard InChI is InChI=1S/C7H14O3S/c1-4-5-7(2)6-10-11(3,8)9/h4,7H,1,5-6H2,2-3H3/t7-/m0/s1. The van der Waals surface area contributed by atoms with Crippen LogP contribution in [0.4, 0.5) is 0 Å². The van der Waals surface area contributed by atoms with Gasteiger partial charge in [-0.15, -0.1) is 6.58 Å². The van der Waals surface area contributed by atoms with Crippen LogP contribution in [0.25, 0.3) is 0 Å². The van der Waals surface area contributed by atoms with Crippen molar-refractivity contribution in [3.63, 3.8) is 0 Å². The lowest BCUT2D eigenvalue weighted by Crippen LogP contribution is -2.10. The maximum absolute atomic E-state index is 10.5. The molecule has 0 saturated carbocycles. The van der Waals surface area contributed by atoms with Crippen molar-refractivity contribution in [1.82, 2.24) is 0 Å². The Balaban J connectivity index is 3.62. The summed E-state index contributed by atoms with van der Waals surface area (Å²) in [6, 6.07) is 0. The second kappa shape index (κ2) is 4.51. The highest BCUT2D eigenvalue weighted by atomic mass is 32.2. The fourth-order valence-corrected chi connectivity index (χ4v) is 1.07. The van der Waals surface area contributed by atoms with Crippen LogP contribution in [0, 0.1) is 5.92 Å². The summed E-state index contributed by atoms with van der Waals surface area (Å²) in [6.45, 7) is 5.69. The molecule has 0 aliphatic rings. The Morgan fingerprint density at radius 2 is 2.18 bits per heavy atom. The van der Waals surface area contributed by atoms with E-state index >= 15 is 0 Å². The first-order valence-electron chi connectivity index (χ1n) is 3.41. The van der Waals surface area contributed by atoms with E-state index in [1.807, 2.05) is 6.92 Å². The molecule has 0 aromatic heterocycles. The topological polar surface area (TPSA) is 43.4 Å². The van der Waals surface area contributed by atoms with Crippen LogP contribution in [-0.4, -0.2) is 21.3 Å². The fourth-order valence-electron chi connectivity index (χ4n) is 0.592. The molecular formula is C7H14O3S. The molecule has 0 aromatic carbocycles. The molecular weight excluding hydrogens is 164 g/mol. The zero-order chi connectivity index (χ0) is 8.91. The van der Waals surface area contributed by atoms with Crippen molar-refractivity contribution < 1.29 is 12.6 Å². The average Bonchev–Trinajstić information content (AvgIpc) is 1.83. The summed E-state index contributed by atoms with van der Waals surface area (Å²) in [7, 11) is -3.27. The largest absolute Gasteiger partial charge is 0.270 e. The number of rotatable bonds is 5. The van der Waals surface area contributed by atoms with Crippen molar-refractivity contribution in [3.05, 3.63) is 12.7 Å². The van der Waals surface area contributed by atoms with Gasteiger partial charge in [0, 0.05) is 0 Å². The minimum absolute atomic E-state index is 0.210. The van der Waals surface area contributed by atoms with Crippen molar-refractivity contribution >= 4 is 10.1 Å². The molecule has 0 bridgehead atoms. The first kappa shape index (κ1) is 10.7. The van der Waals surface area contributed by atoms with Gasteiger partial charge in [0.05, 0.1) is 12.9 Å². The third kappa shape index (κ3) is 7.55. The molecule has 4 heteroatoms. The highest BCUT2D eigenvalue weighted by molar-refractivity contribution is 7.85. The Morgan fingerprint density at radius 1 is 1.64 bits per heavy atom. The summed E-state index contributed by atoms with van der Waals surface area (Å²) in [6.07, 6.45) is 3.57.